The standard InChI is InChI=1S/C17H18F2N4O4S/c1-27-14-4-2-12(3-5-14)23-28(25,26)17-15(9-20-22-17)16(24)21-13-7-10(18)6-11(19)8-13/h2-8,15,17,20,22-23H,9H2,1H3,(H,21,24). The number of rotatable bonds is 6. The number of amides is 1. The molecule has 0 spiro atoms. The van der Waals surface area contributed by atoms with Crippen molar-refractivity contribution in [1.82, 2.24) is 10.9 Å². The number of carbonyl (C=O) groups is 1. The average molecular weight is 412 g/mol. The van der Waals surface area contributed by atoms with Crippen LogP contribution in [-0.2, 0) is 14.8 Å². The normalized spacial score (nSPS) is 19.2. The number of benzene rings is 2. The number of hydrogen-bond donors (Lipinski definition) is 4. The summed E-state index contributed by atoms with van der Waals surface area (Å²) in [6.07, 6.45) is 0. The predicted octanol–water partition coefficient (Wildman–Crippen LogP) is 1.40. The van der Waals surface area contributed by atoms with Gasteiger partial charge >= 0.3 is 0 Å². The molecule has 11 heteroatoms. The van der Waals surface area contributed by atoms with Gasteiger partial charge in [-0.3, -0.25) is 14.9 Å². The fourth-order valence-electron chi connectivity index (χ4n) is 2.75. The molecule has 3 rings (SSSR count). The smallest absolute Gasteiger partial charge is 0.250 e. The van der Waals surface area contributed by atoms with E-state index in [-0.39, 0.29) is 12.2 Å². The summed E-state index contributed by atoms with van der Waals surface area (Å²) in [6.45, 7) is 0.0117. The van der Waals surface area contributed by atoms with E-state index in [0.29, 0.717) is 17.5 Å². The number of anilines is 2. The summed E-state index contributed by atoms with van der Waals surface area (Å²) in [7, 11) is -2.52. The van der Waals surface area contributed by atoms with Crippen molar-refractivity contribution in [3.05, 3.63) is 54.1 Å². The summed E-state index contributed by atoms with van der Waals surface area (Å²) < 4.78 is 59.4. The second kappa shape index (κ2) is 8.09. The summed E-state index contributed by atoms with van der Waals surface area (Å²) >= 11 is 0. The van der Waals surface area contributed by atoms with Gasteiger partial charge in [0.15, 0.2) is 5.37 Å². The zero-order valence-electron chi connectivity index (χ0n) is 14.7. The summed E-state index contributed by atoms with van der Waals surface area (Å²) in [5, 5.41) is 1.04. The van der Waals surface area contributed by atoms with Gasteiger partial charge in [-0.15, -0.1) is 0 Å². The summed E-state index contributed by atoms with van der Waals surface area (Å²) in [6, 6.07) is 8.75. The molecule has 1 fully saturated rings. The van der Waals surface area contributed by atoms with Gasteiger partial charge in [-0.1, -0.05) is 0 Å². The SMILES string of the molecule is COc1ccc(NS(=O)(=O)C2NNCC2C(=O)Nc2cc(F)cc(F)c2)cc1. The molecule has 1 aliphatic rings. The number of hydrogen-bond acceptors (Lipinski definition) is 6. The lowest BCUT2D eigenvalue weighted by atomic mass is 10.1. The number of ether oxygens (including phenoxy) is 1. The number of carbonyl (C=O) groups excluding carboxylic acids is 1. The van der Waals surface area contributed by atoms with Gasteiger partial charge in [-0.25, -0.2) is 22.6 Å². The Kier molecular flexibility index (Phi) is 5.77. The number of nitrogens with one attached hydrogen (secondary N) is 4. The van der Waals surface area contributed by atoms with Crippen LogP contribution in [0.25, 0.3) is 0 Å². The van der Waals surface area contributed by atoms with Gasteiger partial charge in [-0.2, -0.15) is 0 Å². The molecule has 150 valence electrons. The lowest BCUT2D eigenvalue weighted by molar-refractivity contribution is -0.119. The predicted molar refractivity (Wildman–Crippen MR) is 98.9 cm³/mol. The van der Waals surface area contributed by atoms with Gasteiger partial charge < -0.3 is 10.1 Å². The van der Waals surface area contributed by atoms with E-state index in [0.717, 1.165) is 12.1 Å². The molecular weight excluding hydrogens is 394 g/mol. The van der Waals surface area contributed by atoms with Crippen molar-refractivity contribution in [1.29, 1.82) is 0 Å². The van der Waals surface area contributed by atoms with Crippen LogP contribution in [0.3, 0.4) is 0 Å². The molecule has 0 bridgehead atoms. The molecule has 0 aliphatic carbocycles. The maximum atomic E-state index is 13.3. The van der Waals surface area contributed by atoms with Crippen LogP contribution < -0.4 is 25.6 Å². The highest BCUT2D eigenvalue weighted by molar-refractivity contribution is 7.93. The minimum absolute atomic E-state index is 0.0117. The van der Waals surface area contributed by atoms with E-state index >= 15 is 0 Å². The molecule has 1 heterocycles. The second-order valence-corrected chi connectivity index (χ2v) is 7.88. The molecule has 1 aliphatic heterocycles. The van der Waals surface area contributed by atoms with Crippen molar-refractivity contribution in [3.8, 4) is 5.75 Å². The van der Waals surface area contributed by atoms with E-state index in [9.17, 15) is 22.0 Å². The first-order chi connectivity index (χ1) is 13.3. The third-order valence-electron chi connectivity index (χ3n) is 4.08. The molecule has 0 radical (unpaired) electrons. The molecular formula is C17H18F2N4O4S. The molecule has 2 atom stereocenters. The van der Waals surface area contributed by atoms with E-state index in [4.69, 9.17) is 4.74 Å². The summed E-state index contributed by atoms with van der Waals surface area (Å²) in [4.78, 5) is 12.5. The van der Waals surface area contributed by atoms with Gasteiger partial charge in [0, 0.05) is 24.0 Å². The summed E-state index contributed by atoms with van der Waals surface area (Å²) in [5.74, 6) is -2.90. The van der Waals surface area contributed by atoms with Crippen LogP contribution in [0.1, 0.15) is 0 Å². The minimum Gasteiger partial charge on any atom is -0.497 e. The second-order valence-electron chi connectivity index (χ2n) is 6.08. The molecule has 8 nitrogen and oxygen atoms in total. The van der Waals surface area contributed by atoms with Crippen molar-refractivity contribution >= 4 is 27.3 Å². The van der Waals surface area contributed by atoms with Crippen LogP contribution in [0, 0.1) is 17.6 Å². The van der Waals surface area contributed by atoms with Crippen LogP contribution in [0.4, 0.5) is 20.2 Å². The Balaban J connectivity index is 1.73. The topological polar surface area (TPSA) is 109 Å². The first-order valence-electron chi connectivity index (χ1n) is 8.19. The van der Waals surface area contributed by atoms with Crippen LogP contribution in [0.15, 0.2) is 42.5 Å². The maximum absolute atomic E-state index is 13.3. The Labute approximate surface area is 160 Å². The van der Waals surface area contributed by atoms with Crippen molar-refractivity contribution in [3.63, 3.8) is 0 Å². The third-order valence-corrected chi connectivity index (χ3v) is 5.72. The molecule has 1 saturated heterocycles. The van der Waals surface area contributed by atoms with Gasteiger partial charge in [0.05, 0.1) is 13.0 Å². The Morgan fingerprint density at radius 1 is 1.11 bits per heavy atom. The highest BCUT2D eigenvalue weighted by Crippen LogP contribution is 2.22. The fourth-order valence-corrected chi connectivity index (χ4v) is 4.23. The number of hydrazine groups is 1. The fraction of sp³-hybridized carbons (Fsp3) is 0.235. The van der Waals surface area contributed by atoms with Crippen LogP contribution in [0.5, 0.6) is 5.75 Å². The minimum atomic E-state index is -4.01. The molecule has 0 aromatic heterocycles. The van der Waals surface area contributed by atoms with Crippen molar-refractivity contribution in [2.24, 2.45) is 5.92 Å². The molecule has 2 unspecified atom stereocenters. The number of methoxy groups -OCH3 is 1. The first kappa shape index (κ1) is 20.0. The van der Waals surface area contributed by atoms with E-state index in [1.165, 1.54) is 19.2 Å². The van der Waals surface area contributed by atoms with E-state index in [1.54, 1.807) is 12.1 Å². The lowest BCUT2D eigenvalue weighted by Gasteiger charge is -2.19. The van der Waals surface area contributed by atoms with Crippen LogP contribution >= 0.6 is 0 Å². The molecule has 0 saturated carbocycles. The highest BCUT2D eigenvalue weighted by Gasteiger charge is 2.42. The van der Waals surface area contributed by atoms with E-state index in [1.807, 2.05) is 0 Å². The Hall–Kier alpha value is -2.76. The number of sulfonamides is 1. The zero-order valence-corrected chi connectivity index (χ0v) is 15.5. The van der Waals surface area contributed by atoms with Crippen molar-refractivity contribution in [2.75, 3.05) is 23.7 Å². The summed E-state index contributed by atoms with van der Waals surface area (Å²) in [5.41, 5.74) is 5.36. The Morgan fingerprint density at radius 3 is 2.36 bits per heavy atom. The largest absolute Gasteiger partial charge is 0.497 e. The van der Waals surface area contributed by atoms with Crippen LogP contribution in [0.2, 0.25) is 0 Å². The van der Waals surface area contributed by atoms with Gasteiger partial charge in [-0.05, 0) is 36.4 Å². The third kappa shape index (κ3) is 4.55. The quantitative estimate of drug-likeness (QED) is 0.571. The number of halogens is 2. The Morgan fingerprint density at radius 2 is 1.75 bits per heavy atom. The molecule has 2 aromatic rings. The van der Waals surface area contributed by atoms with Gasteiger partial charge in [0.25, 0.3) is 10.0 Å². The lowest BCUT2D eigenvalue weighted by Crippen LogP contribution is -2.45. The molecule has 4 N–H and O–H groups in total. The zero-order chi connectivity index (χ0) is 20.3. The first-order valence-corrected chi connectivity index (χ1v) is 9.74. The monoisotopic (exact) mass is 412 g/mol. The Bertz CT molecular complexity index is 949. The van der Waals surface area contributed by atoms with Crippen molar-refractivity contribution < 1.29 is 26.7 Å². The molecule has 2 aromatic carbocycles. The maximum Gasteiger partial charge on any atom is 0.250 e. The molecule has 28 heavy (non-hydrogen) atoms. The van der Waals surface area contributed by atoms with Gasteiger partial charge in [0.1, 0.15) is 17.4 Å². The van der Waals surface area contributed by atoms with E-state index in [2.05, 4.69) is 20.9 Å². The average Bonchev–Trinajstić information content (AvgIpc) is 3.12. The van der Waals surface area contributed by atoms with Crippen molar-refractivity contribution in [2.45, 2.75) is 5.37 Å². The highest BCUT2D eigenvalue weighted by atomic mass is 32.2. The van der Waals surface area contributed by atoms with Crippen LogP contribution in [-0.4, -0.2) is 33.4 Å². The van der Waals surface area contributed by atoms with E-state index < -0.39 is 38.9 Å². The molecule has 1 amide bonds. The van der Waals surface area contributed by atoms with Gasteiger partial charge in [0.2, 0.25) is 5.91 Å².